The number of hydrogen-bond acceptors (Lipinski definition) is 3. The predicted molar refractivity (Wildman–Crippen MR) is 54.2 cm³/mol. The lowest BCUT2D eigenvalue weighted by atomic mass is 10.3. The van der Waals surface area contributed by atoms with Crippen LogP contribution in [0.15, 0.2) is 29.1 Å². The van der Waals surface area contributed by atoms with Crippen LogP contribution in [0.4, 0.5) is 0 Å². The monoisotopic (exact) mass is 254 g/mol. The first-order valence-electron chi connectivity index (χ1n) is 3.93. The van der Waals surface area contributed by atoms with Crippen molar-refractivity contribution in [2.75, 3.05) is 7.11 Å². The molecular formula is C9H7BrN2O2. The SMILES string of the molecule is COC(=O)c1ncn2cc(Br)ccc12. The lowest BCUT2D eigenvalue weighted by Crippen LogP contribution is -2.02. The van der Waals surface area contributed by atoms with Crippen LogP contribution < -0.4 is 0 Å². The van der Waals surface area contributed by atoms with Gasteiger partial charge in [0.25, 0.3) is 0 Å². The molecule has 0 fully saturated rings. The van der Waals surface area contributed by atoms with Crippen LogP contribution in [0.1, 0.15) is 10.5 Å². The van der Waals surface area contributed by atoms with Crippen LogP contribution in [-0.2, 0) is 4.74 Å². The molecule has 0 aliphatic rings. The maximum atomic E-state index is 11.3. The predicted octanol–water partition coefficient (Wildman–Crippen LogP) is 1.88. The quantitative estimate of drug-likeness (QED) is 0.731. The largest absolute Gasteiger partial charge is 0.464 e. The van der Waals surface area contributed by atoms with Crippen molar-refractivity contribution in [3.63, 3.8) is 0 Å². The molecule has 0 saturated heterocycles. The summed E-state index contributed by atoms with van der Waals surface area (Å²) in [6.45, 7) is 0. The van der Waals surface area contributed by atoms with E-state index in [0.717, 1.165) is 9.99 Å². The van der Waals surface area contributed by atoms with Gasteiger partial charge in [0, 0.05) is 10.7 Å². The Bertz CT molecular complexity index is 493. The van der Waals surface area contributed by atoms with E-state index in [1.165, 1.54) is 7.11 Å². The van der Waals surface area contributed by atoms with Crippen molar-refractivity contribution in [3.05, 3.63) is 34.8 Å². The van der Waals surface area contributed by atoms with Crippen LogP contribution in [0.5, 0.6) is 0 Å². The van der Waals surface area contributed by atoms with Crippen LogP contribution in [0, 0.1) is 0 Å². The van der Waals surface area contributed by atoms with E-state index in [2.05, 4.69) is 25.7 Å². The summed E-state index contributed by atoms with van der Waals surface area (Å²) in [6, 6.07) is 3.66. The molecule has 0 aliphatic heterocycles. The molecule has 0 bridgehead atoms. The second-order valence-corrected chi connectivity index (χ2v) is 3.64. The summed E-state index contributed by atoms with van der Waals surface area (Å²) >= 11 is 3.33. The molecule has 0 radical (unpaired) electrons. The summed E-state index contributed by atoms with van der Waals surface area (Å²) in [5, 5.41) is 0. The van der Waals surface area contributed by atoms with E-state index in [4.69, 9.17) is 0 Å². The van der Waals surface area contributed by atoms with Crippen LogP contribution in [-0.4, -0.2) is 22.5 Å². The molecule has 0 aromatic carbocycles. The number of carbonyl (C=O) groups is 1. The van der Waals surface area contributed by atoms with E-state index >= 15 is 0 Å². The van der Waals surface area contributed by atoms with Gasteiger partial charge in [0.15, 0.2) is 5.69 Å². The number of imidazole rings is 1. The lowest BCUT2D eigenvalue weighted by Gasteiger charge is -1.97. The fourth-order valence-corrected chi connectivity index (χ4v) is 1.58. The topological polar surface area (TPSA) is 43.6 Å². The highest BCUT2D eigenvalue weighted by molar-refractivity contribution is 9.10. The third kappa shape index (κ3) is 1.39. The molecular weight excluding hydrogens is 248 g/mol. The van der Waals surface area contributed by atoms with E-state index in [1.54, 1.807) is 10.7 Å². The van der Waals surface area contributed by atoms with Crippen molar-refractivity contribution in [2.45, 2.75) is 0 Å². The van der Waals surface area contributed by atoms with Crippen molar-refractivity contribution in [3.8, 4) is 0 Å². The molecule has 14 heavy (non-hydrogen) atoms. The number of hydrogen-bond donors (Lipinski definition) is 0. The Morgan fingerprint density at radius 1 is 1.57 bits per heavy atom. The van der Waals surface area contributed by atoms with Crippen LogP contribution >= 0.6 is 15.9 Å². The number of halogens is 1. The van der Waals surface area contributed by atoms with Crippen molar-refractivity contribution in [1.82, 2.24) is 9.38 Å². The van der Waals surface area contributed by atoms with Gasteiger partial charge in [-0.2, -0.15) is 0 Å². The van der Waals surface area contributed by atoms with E-state index < -0.39 is 5.97 Å². The smallest absolute Gasteiger partial charge is 0.358 e. The van der Waals surface area contributed by atoms with Crippen LogP contribution in [0.25, 0.3) is 5.52 Å². The zero-order valence-electron chi connectivity index (χ0n) is 7.40. The molecule has 0 N–H and O–H groups in total. The Hall–Kier alpha value is -1.36. The number of ether oxygens (including phenoxy) is 1. The third-order valence-corrected chi connectivity index (χ3v) is 2.34. The van der Waals surface area contributed by atoms with Crippen molar-refractivity contribution in [2.24, 2.45) is 0 Å². The third-order valence-electron chi connectivity index (χ3n) is 1.87. The maximum absolute atomic E-state index is 11.3. The van der Waals surface area contributed by atoms with Gasteiger partial charge in [-0.1, -0.05) is 0 Å². The molecule has 4 nitrogen and oxygen atoms in total. The average molecular weight is 255 g/mol. The molecule has 72 valence electrons. The summed E-state index contributed by atoms with van der Waals surface area (Å²) in [5.41, 5.74) is 1.07. The molecule has 0 aliphatic carbocycles. The highest BCUT2D eigenvalue weighted by Gasteiger charge is 2.12. The van der Waals surface area contributed by atoms with Crippen molar-refractivity contribution >= 4 is 27.4 Å². The minimum absolute atomic E-state index is 0.333. The molecule has 0 saturated carbocycles. The number of nitrogens with zero attached hydrogens (tertiary/aromatic N) is 2. The van der Waals surface area contributed by atoms with Gasteiger partial charge in [0.2, 0.25) is 0 Å². The fourth-order valence-electron chi connectivity index (χ4n) is 1.23. The summed E-state index contributed by atoms with van der Waals surface area (Å²) in [7, 11) is 1.34. The van der Waals surface area contributed by atoms with Gasteiger partial charge >= 0.3 is 5.97 Å². The normalized spacial score (nSPS) is 10.4. The minimum Gasteiger partial charge on any atom is -0.464 e. The number of aromatic nitrogens is 2. The fraction of sp³-hybridized carbons (Fsp3) is 0.111. The molecule has 2 rings (SSSR count). The molecule has 2 aromatic rings. The van der Waals surface area contributed by atoms with E-state index in [0.29, 0.717) is 5.69 Å². The Balaban J connectivity index is 2.64. The molecule has 0 spiro atoms. The second-order valence-electron chi connectivity index (χ2n) is 2.72. The van der Waals surface area contributed by atoms with Crippen LogP contribution in [0.2, 0.25) is 0 Å². The first kappa shape index (κ1) is 9.21. The number of rotatable bonds is 1. The molecule has 0 amide bonds. The van der Waals surface area contributed by atoms with Gasteiger partial charge in [0.1, 0.15) is 6.33 Å². The molecule has 0 atom stereocenters. The van der Waals surface area contributed by atoms with Gasteiger partial charge in [-0.25, -0.2) is 9.78 Å². The summed E-state index contributed by atoms with van der Waals surface area (Å²) in [5.74, 6) is -0.421. The summed E-state index contributed by atoms with van der Waals surface area (Å²) < 4.78 is 7.30. The van der Waals surface area contributed by atoms with Gasteiger partial charge in [-0.05, 0) is 28.1 Å². The Morgan fingerprint density at radius 3 is 3.07 bits per heavy atom. The number of pyridine rings is 1. The van der Waals surface area contributed by atoms with E-state index in [1.807, 2.05) is 18.3 Å². The Kier molecular flexibility index (Phi) is 2.25. The molecule has 2 aromatic heterocycles. The average Bonchev–Trinajstić information content (AvgIpc) is 2.59. The number of fused-ring (bicyclic) bond motifs is 1. The first-order chi connectivity index (χ1) is 6.72. The maximum Gasteiger partial charge on any atom is 0.358 e. The first-order valence-corrected chi connectivity index (χ1v) is 4.72. The van der Waals surface area contributed by atoms with Gasteiger partial charge < -0.3 is 9.14 Å². The highest BCUT2D eigenvalue weighted by atomic mass is 79.9. The second kappa shape index (κ2) is 3.42. The van der Waals surface area contributed by atoms with Crippen LogP contribution in [0.3, 0.4) is 0 Å². The molecule has 5 heteroatoms. The van der Waals surface area contributed by atoms with E-state index in [-0.39, 0.29) is 0 Å². The summed E-state index contributed by atoms with van der Waals surface area (Å²) in [4.78, 5) is 15.2. The number of methoxy groups -OCH3 is 1. The molecule has 2 heterocycles. The molecule has 0 unspecified atom stereocenters. The minimum atomic E-state index is -0.421. The zero-order valence-corrected chi connectivity index (χ0v) is 8.98. The number of carbonyl (C=O) groups excluding carboxylic acids is 1. The van der Waals surface area contributed by atoms with Gasteiger partial charge in [0.05, 0.1) is 12.6 Å². The zero-order chi connectivity index (χ0) is 10.1. The summed E-state index contributed by atoms with van der Waals surface area (Å²) in [6.07, 6.45) is 3.40. The Labute approximate surface area is 88.6 Å². The van der Waals surface area contributed by atoms with Crippen molar-refractivity contribution < 1.29 is 9.53 Å². The van der Waals surface area contributed by atoms with E-state index in [9.17, 15) is 4.79 Å². The van der Waals surface area contributed by atoms with Gasteiger partial charge in [-0.3, -0.25) is 0 Å². The standard InChI is InChI=1S/C9H7BrN2O2/c1-14-9(13)8-7-3-2-6(10)4-12(7)5-11-8/h2-5H,1H3. The Morgan fingerprint density at radius 2 is 2.36 bits per heavy atom. The number of esters is 1. The van der Waals surface area contributed by atoms with Crippen molar-refractivity contribution in [1.29, 1.82) is 0 Å². The highest BCUT2D eigenvalue weighted by Crippen LogP contribution is 2.15. The van der Waals surface area contributed by atoms with Gasteiger partial charge in [-0.15, -0.1) is 0 Å². The lowest BCUT2D eigenvalue weighted by molar-refractivity contribution is 0.0597.